The van der Waals surface area contributed by atoms with E-state index >= 15 is 0 Å². The van der Waals surface area contributed by atoms with Crippen LogP contribution in [-0.4, -0.2) is 35.4 Å². The van der Waals surface area contributed by atoms with Crippen LogP contribution in [0.3, 0.4) is 0 Å². The first kappa shape index (κ1) is 12.9. The van der Waals surface area contributed by atoms with Gasteiger partial charge in [0.2, 0.25) is 0 Å². The van der Waals surface area contributed by atoms with Crippen LogP contribution in [0.5, 0.6) is 0 Å². The van der Waals surface area contributed by atoms with E-state index in [0.717, 1.165) is 24.2 Å². The fourth-order valence-electron chi connectivity index (χ4n) is 2.05. The van der Waals surface area contributed by atoms with Crippen molar-refractivity contribution < 1.29 is 19.7 Å². The van der Waals surface area contributed by atoms with Gasteiger partial charge in [0.15, 0.2) is 6.10 Å². The smallest absolute Gasteiger partial charge is 0.338 e. The standard InChI is InChI=1S/C13H17NO4/c1-2-18-13(17)12(16)11(15)9-3-4-10-8(7-9)5-6-14-10/h3-4,7,11-12,14-16H,2,5-6H2,1H3. The van der Waals surface area contributed by atoms with Crippen molar-refractivity contribution >= 4 is 11.7 Å². The lowest BCUT2D eigenvalue weighted by Crippen LogP contribution is -2.29. The van der Waals surface area contributed by atoms with Crippen molar-refractivity contribution in [3.63, 3.8) is 0 Å². The third kappa shape index (κ3) is 2.47. The Labute approximate surface area is 105 Å². The molecule has 0 fully saturated rings. The van der Waals surface area contributed by atoms with E-state index in [1.807, 2.05) is 12.1 Å². The van der Waals surface area contributed by atoms with Crippen molar-refractivity contribution in [2.45, 2.75) is 25.6 Å². The van der Waals surface area contributed by atoms with E-state index in [-0.39, 0.29) is 6.61 Å². The maximum Gasteiger partial charge on any atom is 0.338 e. The molecule has 0 saturated heterocycles. The monoisotopic (exact) mass is 251 g/mol. The molecule has 2 unspecified atom stereocenters. The summed E-state index contributed by atoms with van der Waals surface area (Å²) in [4.78, 5) is 11.3. The molecular formula is C13H17NO4. The van der Waals surface area contributed by atoms with E-state index in [2.05, 4.69) is 10.1 Å². The Morgan fingerprint density at radius 2 is 2.28 bits per heavy atom. The van der Waals surface area contributed by atoms with Gasteiger partial charge in [0.25, 0.3) is 0 Å². The minimum absolute atomic E-state index is 0.177. The lowest BCUT2D eigenvalue weighted by molar-refractivity contribution is -0.159. The Morgan fingerprint density at radius 1 is 1.50 bits per heavy atom. The first-order valence-corrected chi connectivity index (χ1v) is 6.03. The maximum absolute atomic E-state index is 11.3. The van der Waals surface area contributed by atoms with Crippen LogP contribution >= 0.6 is 0 Å². The molecule has 3 N–H and O–H groups in total. The normalized spacial score (nSPS) is 16.6. The van der Waals surface area contributed by atoms with Gasteiger partial charge in [-0.1, -0.05) is 12.1 Å². The van der Waals surface area contributed by atoms with Crippen LogP contribution in [0.15, 0.2) is 18.2 Å². The van der Waals surface area contributed by atoms with Crippen LogP contribution in [0.1, 0.15) is 24.2 Å². The molecule has 1 aliphatic rings. The van der Waals surface area contributed by atoms with Gasteiger partial charge in [0.1, 0.15) is 6.10 Å². The third-order valence-electron chi connectivity index (χ3n) is 3.01. The summed E-state index contributed by atoms with van der Waals surface area (Å²) in [7, 11) is 0. The molecule has 1 aromatic carbocycles. The molecule has 1 aliphatic heterocycles. The van der Waals surface area contributed by atoms with Crippen LogP contribution in [0, 0.1) is 0 Å². The van der Waals surface area contributed by atoms with Gasteiger partial charge in [-0.2, -0.15) is 0 Å². The summed E-state index contributed by atoms with van der Waals surface area (Å²) in [6.07, 6.45) is -1.92. The number of anilines is 1. The Hall–Kier alpha value is -1.59. The van der Waals surface area contributed by atoms with Crippen LogP contribution < -0.4 is 5.32 Å². The van der Waals surface area contributed by atoms with Crippen molar-refractivity contribution in [3.05, 3.63) is 29.3 Å². The molecule has 2 atom stereocenters. The molecular weight excluding hydrogens is 234 g/mol. The quantitative estimate of drug-likeness (QED) is 0.683. The molecule has 5 heteroatoms. The molecule has 0 saturated carbocycles. The summed E-state index contributed by atoms with van der Waals surface area (Å²) in [5.41, 5.74) is 2.65. The number of hydrogen-bond donors (Lipinski definition) is 3. The molecule has 0 aromatic heterocycles. The number of nitrogens with one attached hydrogen (secondary N) is 1. The number of benzene rings is 1. The summed E-state index contributed by atoms with van der Waals surface area (Å²) >= 11 is 0. The Bertz CT molecular complexity index is 447. The molecule has 2 rings (SSSR count). The number of esters is 1. The zero-order valence-electron chi connectivity index (χ0n) is 10.2. The average molecular weight is 251 g/mol. The lowest BCUT2D eigenvalue weighted by atomic mass is 10.0. The predicted octanol–water partition coefficient (Wildman–Crippen LogP) is 0.612. The maximum atomic E-state index is 11.3. The van der Waals surface area contributed by atoms with E-state index in [1.165, 1.54) is 0 Å². The van der Waals surface area contributed by atoms with Crippen LogP contribution in [0.2, 0.25) is 0 Å². The second kappa shape index (κ2) is 5.37. The lowest BCUT2D eigenvalue weighted by Gasteiger charge is -2.17. The Morgan fingerprint density at radius 3 is 3.00 bits per heavy atom. The van der Waals surface area contributed by atoms with Gasteiger partial charge in [-0.05, 0) is 30.5 Å². The number of rotatable bonds is 4. The number of carbonyl (C=O) groups excluding carboxylic acids is 1. The van der Waals surface area contributed by atoms with Crippen molar-refractivity contribution in [1.82, 2.24) is 0 Å². The summed E-state index contributed by atoms with van der Waals surface area (Å²) in [6.45, 7) is 2.70. The van der Waals surface area contributed by atoms with E-state index in [0.29, 0.717) is 5.56 Å². The van der Waals surface area contributed by atoms with E-state index in [4.69, 9.17) is 0 Å². The van der Waals surface area contributed by atoms with Crippen molar-refractivity contribution in [2.24, 2.45) is 0 Å². The molecule has 18 heavy (non-hydrogen) atoms. The number of ether oxygens (including phenoxy) is 1. The number of hydrogen-bond acceptors (Lipinski definition) is 5. The summed E-state index contributed by atoms with van der Waals surface area (Å²) in [6, 6.07) is 5.35. The molecule has 0 aliphatic carbocycles. The predicted molar refractivity (Wildman–Crippen MR) is 66.2 cm³/mol. The van der Waals surface area contributed by atoms with Crippen LogP contribution in [0.4, 0.5) is 5.69 Å². The van der Waals surface area contributed by atoms with Gasteiger partial charge in [-0.3, -0.25) is 0 Å². The highest BCUT2D eigenvalue weighted by molar-refractivity contribution is 5.75. The molecule has 0 spiro atoms. The van der Waals surface area contributed by atoms with Gasteiger partial charge in [-0.15, -0.1) is 0 Å². The fourth-order valence-corrected chi connectivity index (χ4v) is 2.05. The molecule has 0 amide bonds. The number of fused-ring (bicyclic) bond motifs is 1. The first-order valence-electron chi connectivity index (χ1n) is 6.03. The van der Waals surface area contributed by atoms with Crippen molar-refractivity contribution in [3.8, 4) is 0 Å². The highest BCUT2D eigenvalue weighted by atomic mass is 16.5. The third-order valence-corrected chi connectivity index (χ3v) is 3.01. The fraction of sp³-hybridized carbons (Fsp3) is 0.462. The number of aliphatic hydroxyl groups excluding tert-OH is 2. The molecule has 5 nitrogen and oxygen atoms in total. The summed E-state index contributed by atoms with van der Waals surface area (Å²) in [5.74, 6) is -0.802. The van der Waals surface area contributed by atoms with Gasteiger partial charge >= 0.3 is 5.97 Å². The first-order chi connectivity index (χ1) is 8.63. The van der Waals surface area contributed by atoms with Crippen LogP contribution in [-0.2, 0) is 16.0 Å². The van der Waals surface area contributed by atoms with E-state index in [9.17, 15) is 15.0 Å². The van der Waals surface area contributed by atoms with Gasteiger partial charge < -0.3 is 20.3 Å². The molecule has 98 valence electrons. The zero-order chi connectivity index (χ0) is 13.1. The SMILES string of the molecule is CCOC(=O)C(O)C(O)c1ccc2c(c1)CCN2. The highest BCUT2D eigenvalue weighted by Crippen LogP contribution is 2.27. The molecule has 1 heterocycles. The summed E-state index contributed by atoms with van der Waals surface area (Å²) in [5, 5.41) is 22.8. The van der Waals surface area contributed by atoms with E-state index in [1.54, 1.807) is 13.0 Å². The minimum Gasteiger partial charge on any atom is -0.464 e. The largest absolute Gasteiger partial charge is 0.464 e. The second-order valence-electron chi connectivity index (χ2n) is 4.24. The Balaban J connectivity index is 2.13. The van der Waals surface area contributed by atoms with Gasteiger partial charge in [-0.25, -0.2) is 4.79 Å². The number of carbonyl (C=O) groups is 1. The molecule has 0 bridgehead atoms. The zero-order valence-corrected chi connectivity index (χ0v) is 10.2. The number of aliphatic hydroxyl groups is 2. The van der Waals surface area contributed by atoms with Gasteiger partial charge in [0.05, 0.1) is 6.61 Å². The van der Waals surface area contributed by atoms with Crippen LogP contribution in [0.25, 0.3) is 0 Å². The minimum atomic E-state index is -1.54. The summed E-state index contributed by atoms with van der Waals surface area (Å²) < 4.78 is 4.68. The molecule has 0 radical (unpaired) electrons. The molecule has 1 aromatic rings. The Kier molecular flexibility index (Phi) is 3.84. The average Bonchev–Trinajstić information content (AvgIpc) is 2.84. The van der Waals surface area contributed by atoms with Crippen molar-refractivity contribution in [2.75, 3.05) is 18.5 Å². The highest BCUT2D eigenvalue weighted by Gasteiger charge is 2.27. The topological polar surface area (TPSA) is 78.8 Å². The second-order valence-corrected chi connectivity index (χ2v) is 4.24. The van der Waals surface area contributed by atoms with Gasteiger partial charge in [0, 0.05) is 12.2 Å². The van der Waals surface area contributed by atoms with Crippen molar-refractivity contribution in [1.29, 1.82) is 0 Å². The van der Waals surface area contributed by atoms with E-state index < -0.39 is 18.2 Å².